The number of nitrogens with zero attached hydrogens (tertiary/aromatic N) is 1. The average molecular weight is 302 g/mol. The Morgan fingerprint density at radius 3 is 2.71 bits per heavy atom. The summed E-state index contributed by atoms with van der Waals surface area (Å²) in [5.41, 5.74) is 7.27. The summed E-state index contributed by atoms with van der Waals surface area (Å²) in [6.07, 6.45) is 0. The summed E-state index contributed by atoms with van der Waals surface area (Å²) in [6.45, 7) is 0. The minimum absolute atomic E-state index is 0.351. The van der Waals surface area contributed by atoms with Crippen LogP contribution >= 0.6 is 11.6 Å². The maximum atomic E-state index is 12.2. The Morgan fingerprint density at radius 2 is 2.10 bits per heavy atom. The molecule has 0 aliphatic rings. The van der Waals surface area contributed by atoms with Gasteiger partial charge in [0, 0.05) is 5.56 Å². The first-order chi connectivity index (χ1) is 10.0. The molecule has 0 atom stereocenters. The fourth-order valence-electron chi connectivity index (χ4n) is 1.76. The number of rotatable bonds is 3. The highest BCUT2D eigenvalue weighted by molar-refractivity contribution is 6.34. The zero-order chi connectivity index (χ0) is 15.4. The van der Waals surface area contributed by atoms with E-state index in [1.54, 1.807) is 24.3 Å². The van der Waals surface area contributed by atoms with Crippen molar-refractivity contribution in [3.05, 3.63) is 52.5 Å². The minimum atomic E-state index is -0.374. The van der Waals surface area contributed by atoms with Crippen LogP contribution in [0.2, 0.25) is 5.02 Å². The molecule has 0 spiro atoms. The highest BCUT2D eigenvalue weighted by Gasteiger charge is 2.11. The fraction of sp³-hybridized carbons (Fsp3) is 0.0667. The van der Waals surface area contributed by atoms with Gasteiger partial charge in [-0.15, -0.1) is 0 Å². The van der Waals surface area contributed by atoms with Crippen molar-refractivity contribution in [2.45, 2.75) is 0 Å². The maximum Gasteiger partial charge on any atom is 0.255 e. The Bertz CT molecular complexity index is 738. The van der Waals surface area contributed by atoms with Gasteiger partial charge >= 0.3 is 0 Å². The van der Waals surface area contributed by atoms with Crippen molar-refractivity contribution in [1.82, 2.24) is 0 Å². The maximum absolute atomic E-state index is 12.2. The van der Waals surface area contributed by atoms with Gasteiger partial charge in [-0.3, -0.25) is 4.79 Å². The van der Waals surface area contributed by atoms with Crippen molar-refractivity contribution in [3.63, 3.8) is 0 Å². The van der Waals surface area contributed by atoms with Gasteiger partial charge in [-0.1, -0.05) is 11.6 Å². The standard InChI is InChI=1S/C15H12ClN3O2/c1-21-14-5-3-10(7-12(14)18)15(20)19-13-6-9(8-17)2-4-11(13)16/h2-7H,18H2,1H3,(H,19,20). The van der Waals surface area contributed by atoms with Crippen molar-refractivity contribution in [2.24, 2.45) is 0 Å². The van der Waals surface area contributed by atoms with Crippen LogP contribution in [0.1, 0.15) is 15.9 Å². The first-order valence-corrected chi connectivity index (χ1v) is 6.37. The summed E-state index contributed by atoms with van der Waals surface area (Å²) in [5.74, 6) is 0.123. The number of nitrogen functional groups attached to an aromatic ring is 1. The average Bonchev–Trinajstić information content (AvgIpc) is 2.49. The van der Waals surface area contributed by atoms with Gasteiger partial charge in [0.05, 0.1) is 35.1 Å². The smallest absolute Gasteiger partial charge is 0.255 e. The Kier molecular flexibility index (Phi) is 4.31. The van der Waals surface area contributed by atoms with E-state index in [4.69, 9.17) is 27.3 Å². The number of nitriles is 1. The summed E-state index contributed by atoms with van der Waals surface area (Å²) in [5, 5.41) is 11.9. The Morgan fingerprint density at radius 1 is 1.33 bits per heavy atom. The van der Waals surface area contributed by atoms with Crippen LogP contribution in [0.4, 0.5) is 11.4 Å². The molecule has 0 unspecified atom stereocenters. The molecule has 0 bridgehead atoms. The molecule has 2 aromatic rings. The molecule has 0 aromatic heterocycles. The molecule has 3 N–H and O–H groups in total. The summed E-state index contributed by atoms with van der Waals surface area (Å²) in [6, 6.07) is 11.3. The van der Waals surface area contributed by atoms with Crippen LogP contribution in [0.5, 0.6) is 5.75 Å². The summed E-state index contributed by atoms with van der Waals surface area (Å²) >= 11 is 5.99. The fourth-order valence-corrected chi connectivity index (χ4v) is 1.93. The molecule has 0 saturated carbocycles. The van der Waals surface area contributed by atoms with E-state index in [2.05, 4.69) is 5.32 Å². The lowest BCUT2D eigenvalue weighted by molar-refractivity contribution is 0.102. The van der Waals surface area contributed by atoms with Crippen molar-refractivity contribution < 1.29 is 9.53 Å². The number of carbonyl (C=O) groups is 1. The van der Waals surface area contributed by atoms with E-state index >= 15 is 0 Å². The van der Waals surface area contributed by atoms with E-state index in [9.17, 15) is 4.79 Å². The number of nitrogens with one attached hydrogen (secondary N) is 1. The molecule has 0 fully saturated rings. The summed E-state index contributed by atoms with van der Waals surface area (Å²) in [7, 11) is 1.50. The van der Waals surface area contributed by atoms with Crippen LogP contribution < -0.4 is 15.8 Å². The van der Waals surface area contributed by atoms with E-state index in [1.165, 1.54) is 19.2 Å². The first kappa shape index (κ1) is 14.7. The van der Waals surface area contributed by atoms with Crippen LogP contribution in [-0.4, -0.2) is 13.0 Å². The van der Waals surface area contributed by atoms with Gasteiger partial charge < -0.3 is 15.8 Å². The quantitative estimate of drug-likeness (QED) is 0.853. The molecule has 21 heavy (non-hydrogen) atoms. The Hall–Kier alpha value is -2.71. The molecule has 106 valence electrons. The van der Waals surface area contributed by atoms with Crippen LogP contribution in [0.3, 0.4) is 0 Å². The van der Waals surface area contributed by atoms with Crippen molar-refractivity contribution >= 4 is 28.9 Å². The molecule has 0 radical (unpaired) electrons. The normalized spacial score (nSPS) is 9.76. The number of hydrogen-bond donors (Lipinski definition) is 2. The molecular formula is C15H12ClN3O2. The number of hydrogen-bond acceptors (Lipinski definition) is 4. The predicted octanol–water partition coefficient (Wildman–Crippen LogP) is 3.05. The van der Waals surface area contributed by atoms with Crippen LogP contribution in [0.15, 0.2) is 36.4 Å². The lowest BCUT2D eigenvalue weighted by atomic mass is 10.1. The van der Waals surface area contributed by atoms with Crippen molar-refractivity contribution in [1.29, 1.82) is 5.26 Å². The number of amides is 1. The summed E-state index contributed by atoms with van der Waals surface area (Å²) < 4.78 is 5.03. The lowest BCUT2D eigenvalue weighted by Crippen LogP contribution is -2.12. The van der Waals surface area contributed by atoms with E-state index in [0.29, 0.717) is 33.3 Å². The van der Waals surface area contributed by atoms with Crippen LogP contribution in [0.25, 0.3) is 0 Å². The number of carbonyl (C=O) groups excluding carboxylic acids is 1. The SMILES string of the molecule is COc1ccc(C(=O)Nc2cc(C#N)ccc2Cl)cc1N. The van der Waals surface area contributed by atoms with E-state index in [0.717, 1.165) is 0 Å². The Labute approximate surface area is 126 Å². The predicted molar refractivity (Wildman–Crippen MR) is 81.5 cm³/mol. The van der Waals surface area contributed by atoms with Crippen molar-refractivity contribution in [3.8, 4) is 11.8 Å². The number of benzene rings is 2. The molecular weight excluding hydrogens is 290 g/mol. The zero-order valence-electron chi connectivity index (χ0n) is 11.2. The molecule has 0 heterocycles. The molecule has 2 rings (SSSR count). The second-order valence-electron chi connectivity index (χ2n) is 4.22. The van der Waals surface area contributed by atoms with Gasteiger partial charge in [0.1, 0.15) is 5.75 Å². The highest BCUT2D eigenvalue weighted by atomic mass is 35.5. The Balaban J connectivity index is 2.26. The lowest BCUT2D eigenvalue weighted by Gasteiger charge is -2.09. The van der Waals surface area contributed by atoms with Crippen molar-refractivity contribution in [2.75, 3.05) is 18.2 Å². The largest absolute Gasteiger partial charge is 0.495 e. The number of ether oxygens (including phenoxy) is 1. The third-order valence-electron chi connectivity index (χ3n) is 2.84. The first-order valence-electron chi connectivity index (χ1n) is 5.99. The molecule has 6 heteroatoms. The van der Waals surface area contributed by atoms with Crippen LogP contribution in [-0.2, 0) is 0 Å². The van der Waals surface area contributed by atoms with Gasteiger partial charge in [-0.05, 0) is 36.4 Å². The minimum Gasteiger partial charge on any atom is -0.495 e. The number of methoxy groups -OCH3 is 1. The third kappa shape index (κ3) is 3.25. The zero-order valence-corrected chi connectivity index (χ0v) is 11.9. The number of halogens is 1. The molecule has 0 aliphatic heterocycles. The van der Waals surface area contributed by atoms with Crippen LogP contribution in [0, 0.1) is 11.3 Å². The second-order valence-corrected chi connectivity index (χ2v) is 4.62. The van der Waals surface area contributed by atoms with Gasteiger partial charge in [-0.2, -0.15) is 5.26 Å². The van der Waals surface area contributed by atoms with Gasteiger partial charge in [0.25, 0.3) is 5.91 Å². The third-order valence-corrected chi connectivity index (χ3v) is 3.17. The number of nitrogens with two attached hydrogens (primary N) is 1. The number of anilines is 2. The van der Waals surface area contributed by atoms with Gasteiger partial charge in [0.15, 0.2) is 0 Å². The van der Waals surface area contributed by atoms with E-state index < -0.39 is 0 Å². The van der Waals surface area contributed by atoms with E-state index in [-0.39, 0.29) is 5.91 Å². The summed E-state index contributed by atoms with van der Waals surface area (Å²) in [4.78, 5) is 12.2. The second kappa shape index (κ2) is 6.16. The molecule has 1 amide bonds. The molecule has 0 aliphatic carbocycles. The van der Waals surface area contributed by atoms with Gasteiger partial charge in [0.2, 0.25) is 0 Å². The monoisotopic (exact) mass is 301 g/mol. The molecule has 5 nitrogen and oxygen atoms in total. The van der Waals surface area contributed by atoms with Gasteiger partial charge in [-0.25, -0.2) is 0 Å². The topological polar surface area (TPSA) is 88.1 Å². The molecule has 2 aromatic carbocycles. The molecule has 0 saturated heterocycles. The van der Waals surface area contributed by atoms with E-state index in [1.807, 2.05) is 6.07 Å². The highest BCUT2D eigenvalue weighted by Crippen LogP contribution is 2.25.